The first-order chi connectivity index (χ1) is 13.1. The molecule has 0 saturated heterocycles. The number of rotatable bonds is 8. The SMILES string of the molecule is COc1ccc(NC(=O)CSc2n[nH]c(COc3ccccc3F)n2)cc1. The number of thioether (sulfide) groups is 1. The molecule has 140 valence electrons. The van der Waals surface area contributed by atoms with Crippen molar-refractivity contribution in [3.8, 4) is 11.5 Å². The van der Waals surface area contributed by atoms with E-state index in [1.807, 2.05) is 0 Å². The first kappa shape index (κ1) is 18.7. The first-order valence-corrected chi connectivity index (χ1v) is 8.98. The second kappa shape index (κ2) is 9.04. The largest absolute Gasteiger partial charge is 0.497 e. The first-order valence-electron chi connectivity index (χ1n) is 7.99. The molecule has 1 heterocycles. The van der Waals surface area contributed by atoms with Crippen LogP contribution in [-0.4, -0.2) is 34.0 Å². The van der Waals surface area contributed by atoms with Gasteiger partial charge in [-0.3, -0.25) is 9.89 Å². The fraction of sp³-hybridized carbons (Fsp3) is 0.167. The number of nitrogens with zero attached hydrogens (tertiary/aromatic N) is 2. The Morgan fingerprint density at radius 3 is 2.74 bits per heavy atom. The van der Waals surface area contributed by atoms with Gasteiger partial charge in [-0.15, -0.1) is 5.10 Å². The minimum Gasteiger partial charge on any atom is -0.497 e. The topological polar surface area (TPSA) is 89.1 Å². The number of amides is 1. The van der Waals surface area contributed by atoms with Crippen LogP contribution in [0.1, 0.15) is 5.82 Å². The highest BCUT2D eigenvalue weighted by Crippen LogP contribution is 2.18. The summed E-state index contributed by atoms with van der Waals surface area (Å²) in [5.41, 5.74) is 0.676. The Morgan fingerprint density at radius 1 is 1.22 bits per heavy atom. The van der Waals surface area contributed by atoms with Crippen molar-refractivity contribution >= 4 is 23.4 Å². The third kappa shape index (κ3) is 5.45. The van der Waals surface area contributed by atoms with Gasteiger partial charge in [-0.25, -0.2) is 9.37 Å². The van der Waals surface area contributed by atoms with Crippen molar-refractivity contribution in [1.82, 2.24) is 15.2 Å². The Labute approximate surface area is 159 Å². The van der Waals surface area contributed by atoms with Crippen LogP contribution in [0.4, 0.5) is 10.1 Å². The van der Waals surface area contributed by atoms with Crippen molar-refractivity contribution in [1.29, 1.82) is 0 Å². The van der Waals surface area contributed by atoms with Gasteiger partial charge in [0.2, 0.25) is 11.1 Å². The predicted octanol–water partition coefficient (Wildman–Crippen LogP) is 3.26. The Bertz CT molecular complexity index is 902. The van der Waals surface area contributed by atoms with Crippen molar-refractivity contribution in [2.24, 2.45) is 0 Å². The van der Waals surface area contributed by atoms with Crippen LogP contribution in [0.5, 0.6) is 11.5 Å². The summed E-state index contributed by atoms with van der Waals surface area (Å²) in [6.07, 6.45) is 0. The summed E-state index contributed by atoms with van der Waals surface area (Å²) in [4.78, 5) is 16.2. The third-order valence-electron chi connectivity index (χ3n) is 3.42. The molecule has 3 rings (SSSR count). The standard InChI is InChI=1S/C18H17FN4O3S/c1-25-13-8-6-12(7-9-13)20-17(24)11-27-18-21-16(22-23-18)10-26-15-5-3-2-4-14(15)19/h2-9H,10-11H2,1H3,(H,20,24)(H,21,22,23). The normalized spacial score (nSPS) is 10.4. The zero-order chi connectivity index (χ0) is 19.1. The van der Waals surface area contributed by atoms with E-state index in [1.54, 1.807) is 43.5 Å². The fourth-order valence-electron chi connectivity index (χ4n) is 2.12. The van der Waals surface area contributed by atoms with Crippen LogP contribution >= 0.6 is 11.8 Å². The van der Waals surface area contributed by atoms with E-state index in [9.17, 15) is 9.18 Å². The van der Waals surface area contributed by atoms with E-state index in [4.69, 9.17) is 9.47 Å². The zero-order valence-electron chi connectivity index (χ0n) is 14.4. The highest BCUT2D eigenvalue weighted by molar-refractivity contribution is 7.99. The lowest BCUT2D eigenvalue weighted by Crippen LogP contribution is -2.14. The molecule has 1 amide bonds. The minimum absolute atomic E-state index is 0.0482. The molecule has 0 aliphatic heterocycles. The molecule has 2 aromatic carbocycles. The molecular weight excluding hydrogens is 371 g/mol. The van der Waals surface area contributed by atoms with E-state index in [2.05, 4.69) is 20.5 Å². The van der Waals surface area contributed by atoms with Crippen molar-refractivity contribution in [3.63, 3.8) is 0 Å². The summed E-state index contributed by atoms with van der Waals surface area (Å²) < 4.78 is 23.9. The van der Waals surface area contributed by atoms with E-state index >= 15 is 0 Å². The Kier molecular flexibility index (Phi) is 6.26. The van der Waals surface area contributed by atoms with Crippen LogP contribution in [0.2, 0.25) is 0 Å². The summed E-state index contributed by atoms with van der Waals surface area (Å²) in [7, 11) is 1.58. The van der Waals surface area contributed by atoms with Gasteiger partial charge in [0.15, 0.2) is 17.4 Å². The molecule has 0 aliphatic rings. The fourth-order valence-corrected chi connectivity index (χ4v) is 2.73. The number of carbonyl (C=O) groups excluding carboxylic acids is 1. The van der Waals surface area contributed by atoms with E-state index in [1.165, 1.54) is 23.9 Å². The Balaban J connectivity index is 1.46. The average molecular weight is 388 g/mol. The molecule has 1 aromatic heterocycles. The van der Waals surface area contributed by atoms with Gasteiger partial charge in [0.25, 0.3) is 0 Å². The van der Waals surface area contributed by atoms with Gasteiger partial charge < -0.3 is 14.8 Å². The molecule has 0 aliphatic carbocycles. The molecule has 7 nitrogen and oxygen atoms in total. The van der Waals surface area contributed by atoms with Crippen molar-refractivity contribution in [3.05, 3.63) is 60.2 Å². The van der Waals surface area contributed by atoms with E-state index in [0.29, 0.717) is 22.4 Å². The second-order valence-corrected chi connectivity index (χ2v) is 6.29. The summed E-state index contributed by atoms with van der Waals surface area (Å²) in [6, 6.07) is 13.2. The number of hydrogen-bond acceptors (Lipinski definition) is 6. The number of benzene rings is 2. The maximum Gasteiger partial charge on any atom is 0.234 e. The molecule has 0 saturated carbocycles. The third-order valence-corrected chi connectivity index (χ3v) is 4.27. The number of anilines is 1. The molecule has 9 heteroatoms. The second-order valence-electron chi connectivity index (χ2n) is 5.35. The van der Waals surface area contributed by atoms with Crippen LogP contribution in [0.15, 0.2) is 53.7 Å². The van der Waals surface area contributed by atoms with Gasteiger partial charge >= 0.3 is 0 Å². The lowest BCUT2D eigenvalue weighted by molar-refractivity contribution is -0.113. The molecule has 0 spiro atoms. The lowest BCUT2D eigenvalue weighted by atomic mass is 10.3. The smallest absolute Gasteiger partial charge is 0.234 e. The summed E-state index contributed by atoms with van der Waals surface area (Å²) in [5, 5.41) is 9.90. The number of aromatic nitrogens is 3. The molecule has 2 N–H and O–H groups in total. The van der Waals surface area contributed by atoms with Crippen LogP contribution in [0.25, 0.3) is 0 Å². The quantitative estimate of drug-likeness (QED) is 0.576. The number of carbonyl (C=O) groups is 1. The maximum atomic E-state index is 13.5. The number of ether oxygens (including phenoxy) is 2. The number of halogens is 1. The van der Waals surface area contributed by atoms with Gasteiger partial charge in [-0.2, -0.15) is 0 Å². The molecule has 0 fully saturated rings. The number of aromatic amines is 1. The van der Waals surface area contributed by atoms with Gasteiger partial charge in [-0.1, -0.05) is 23.9 Å². The molecule has 0 radical (unpaired) electrons. The highest BCUT2D eigenvalue weighted by atomic mass is 32.2. The van der Waals surface area contributed by atoms with Gasteiger partial charge in [0, 0.05) is 5.69 Å². The average Bonchev–Trinajstić information content (AvgIpc) is 3.14. The van der Waals surface area contributed by atoms with Gasteiger partial charge in [0.1, 0.15) is 12.4 Å². The molecule has 27 heavy (non-hydrogen) atoms. The van der Waals surface area contributed by atoms with Crippen LogP contribution < -0.4 is 14.8 Å². The number of para-hydroxylation sites is 1. The summed E-state index contributed by atoms with van der Waals surface area (Å²) in [5.74, 6) is 0.824. The number of methoxy groups -OCH3 is 1. The molecule has 3 aromatic rings. The molecule has 0 bridgehead atoms. The summed E-state index contributed by atoms with van der Waals surface area (Å²) >= 11 is 1.18. The number of hydrogen-bond donors (Lipinski definition) is 2. The molecule has 0 unspecified atom stereocenters. The monoisotopic (exact) mass is 388 g/mol. The molecular formula is C18H17FN4O3S. The number of nitrogens with one attached hydrogen (secondary N) is 2. The zero-order valence-corrected chi connectivity index (χ0v) is 15.3. The maximum absolute atomic E-state index is 13.5. The van der Waals surface area contributed by atoms with Crippen molar-refractivity contribution in [2.45, 2.75) is 11.8 Å². The lowest BCUT2D eigenvalue weighted by Gasteiger charge is -2.05. The number of H-pyrrole nitrogens is 1. The Hall–Kier alpha value is -3.07. The van der Waals surface area contributed by atoms with Crippen LogP contribution in [0, 0.1) is 5.82 Å². The molecule has 0 atom stereocenters. The van der Waals surface area contributed by atoms with E-state index < -0.39 is 5.82 Å². The highest BCUT2D eigenvalue weighted by Gasteiger charge is 2.09. The van der Waals surface area contributed by atoms with Crippen molar-refractivity contribution < 1.29 is 18.7 Å². The van der Waals surface area contributed by atoms with E-state index in [-0.39, 0.29) is 24.0 Å². The van der Waals surface area contributed by atoms with Crippen molar-refractivity contribution in [2.75, 3.05) is 18.2 Å². The van der Waals surface area contributed by atoms with E-state index in [0.717, 1.165) is 0 Å². The Morgan fingerprint density at radius 2 is 2.00 bits per heavy atom. The van der Waals surface area contributed by atoms with Crippen LogP contribution in [0.3, 0.4) is 0 Å². The minimum atomic E-state index is -0.443. The predicted molar refractivity (Wildman–Crippen MR) is 99.5 cm³/mol. The van der Waals surface area contributed by atoms with Gasteiger partial charge in [0.05, 0.1) is 12.9 Å². The summed E-state index contributed by atoms with van der Waals surface area (Å²) in [6.45, 7) is 0.0482. The van der Waals surface area contributed by atoms with Crippen LogP contribution in [-0.2, 0) is 11.4 Å². The van der Waals surface area contributed by atoms with Gasteiger partial charge in [-0.05, 0) is 36.4 Å².